The predicted molar refractivity (Wildman–Crippen MR) is 68.8 cm³/mol. The van der Waals surface area contributed by atoms with Gasteiger partial charge in [-0.25, -0.2) is 4.39 Å². The van der Waals surface area contributed by atoms with Gasteiger partial charge in [-0.2, -0.15) is 0 Å². The zero-order chi connectivity index (χ0) is 14.6. The molecule has 0 aliphatic rings. The number of carbonyl (C=O) groups is 2. The van der Waals surface area contributed by atoms with Gasteiger partial charge in [0, 0.05) is 0 Å². The molecule has 0 aliphatic heterocycles. The molecule has 1 aromatic carbocycles. The van der Waals surface area contributed by atoms with Gasteiger partial charge >= 0.3 is 5.97 Å². The average molecular weight is 304 g/mol. The van der Waals surface area contributed by atoms with Crippen molar-refractivity contribution in [3.63, 3.8) is 0 Å². The Balaban J connectivity index is 3.13. The number of nitrogens with zero attached hydrogens (tertiary/aromatic N) is 1. The van der Waals surface area contributed by atoms with Gasteiger partial charge < -0.3 is 10.0 Å². The lowest BCUT2D eigenvalue weighted by Gasteiger charge is -2.18. The molecule has 0 aromatic heterocycles. The summed E-state index contributed by atoms with van der Waals surface area (Å²) < 4.78 is 13.3. The molecular formula is C12H8Cl2FNO3. The standard InChI is InChI=1S/C12H8Cl2FNO3/c1-2-3-16(6-11(17)18)12(19)7-4-10(15)9(14)5-8(7)13/h1,4-5H,3,6H2,(H,17,18). The summed E-state index contributed by atoms with van der Waals surface area (Å²) in [5.74, 6) is -0.699. The zero-order valence-corrected chi connectivity index (χ0v) is 11.0. The number of halogens is 3. The molecular weight excluding hydrogens is 296 g/mol. The number of terminal acetylenes is 1. The molecule has 0 spiro atoms. The second-order valence-corrected chi connectivity index (χ2v) is 4.32. The third-order valence-corrected chi connectivity index (χ3v) is 2.74. The molecule has 1 aromatic rings. The van der Waals surface area contributed by atoms with Gasteiger partial charge in [0.25, 0.3) is 5.91 Å². The van der Waals surface area contributed by atoms with Gasteiger partial charge in [0.05, 0.1) is 22.2 Å². The molecule has 7 heteroatoms. The summed E-state index contributed by atoms with van der Waals surface area (Å²) >= 11 is 11.3. The molecule has 1 amide bonds. The van der Waals surface area contributed by atoms with E-state index in [0.717, 1.165) is 17.0 Å². The fourth-order valence-electron chi connectivity index (χ4n) is 1.33. The minimum Gasteiger partial charge on any atom is -0.480 e. The second-order valence-electron chi connectivity index (χ2n) is 3.51. The first kappa shape index (κ1) is 15.3. The normalized spacial score (nSPS) is 9.79. The Labute approximate surface area is 118 Å². The van der Waals surface area contributed by atoms with Crippen molar-refractivity contribution >= 4 is 35.1 Å². The topological polar surface area (TPSA) is 57.6 Å². The minimum atomic E-state index is -1.24. The highest BCUT2D eigenvalue weighted by molar-refractivity contribution is 6.36. The number of rotatable bonds is 4. The van der Waals surface area contributed by atoms with Crippen LogP contribution < -0.4 is 0 Å². The Morgan fingerprint density at radius 3 is 2.53 bits per heavy atom. The molecule has 100 valence electrons. The molecule has 1 N–H and O–H groups in total. The van der Waals surface area contributed by atoms with Gasteiger partial charge in [0.2, 0.25) is 0 Å². The number of hydrogen-bond acceptors (Lipinski definition) is 2. The zero-order valence-electron chi connectivity index (χ0n) is 9.49. The van der Waals surface area contributed by atoms with Gasteiger partial charge in [-0.15, -0.1) is 6.42 Å². The van der Waals surface area contributed by atoms with E-state index in [1.807, 2.05) is 0 Å². The lowest BCUT2D eigenvalue weighted by atomic mass is 10.2. The largest absolute Gasteiger partial charge is 0.480 e. The molecule has 0 bridgehead atoms. The lowest BCUT2D eigenvalue weighted by molar-refractivity contribution is -0.137. The van der Waals surface area contributed by atoms with E-state index >= 15 is 0 Å². The second kappa shape index (κ2) is 6.41. The fraction of sp³-hybridized carbons (Fsp3) is 0.167. The Morgan fingerprint density at radius 1 is 1.37 bits per heavy atom. The van der Waals surface area contributed by atoms with Crippen molar-refractivity contribution in [1.29, 1.82) is 0 Å². The summed E-state index contributed by atoms with van der Waals surface area (Å²) in [4.78, 5) is 23.5. The van der Waals surface area contributed by atoms with E-state index in [1.54, 1.807) is 0 Å². The quantitative estimate of drug-likeness (QED) is 0.686. The molecule has 19 heavy (non-hydrogen) atoms. The van der Waals surface area contributed by atoms with Crippen LogP contribution in [0.25, 0.3) is 0 Å². The highest BCUT2D eigenvalue weighted by Gasteiger charge is 2.21. The summed E-state index contributed by atoms with van der Waals surface area (Å²) in [6.07, 6.45) is 5.05. The van der Waals surface area contributed by atoms with Crippen LogP contribution in [0.5, 0.6) is 0 Å². The van der Waals surface area contributed by atoms with Crippen LogP contribution in [0.3, 0.4) is 0 Å². The molecule has 0 radical (unpaired) electrons. The summed E-state index contributed by atoms with van der Waals surface area (Å²) in [5.41, 5.74) is -0.194. The summed E-state index contributed by atoms with van der Waals surface area (Å²) in [5, 5.41) is 8.37. The van der Waals surface area contributed by atoms with Crippen LogP contribution in [0.1, 0.15) is 10.4 Å². The Morgan fingerprint density at radius 2 is 2.00 bits per heavy atom. The molecule has 0 unspecified atom stereocenters. The Bertz CT molecular complexity index is 569. The van der Waals surface area contributed by atoms with Gasteiger partial charge in [-0.05, 0) is 12.1 Å². The van der Waals surface area contributed by atoms with Crippen molar-refractivity contribution in [2.24, 2.45) is 0 Å². The first-order valence-corrected chi connectivity index (χ1v) is 5.71. The third-order valence-electron chi connectivity index (χ3n) is 2.14. The minimum absolute atomic E-state index is 0.0798. The van der Waals surface area contributed by atoms with Crippen molar-refractivity contribution in [3.8, 4) is 12.3 Å². The van der Waals surface area contributed by atoms with Crippen molar-refractivity contribution in [2.75, 3.05) is 13.1 Å². The van der Waals surface area contributed by atoms with E-state index in [0.29, 0.717) is 0 Å². The molecule has 0 aliphatic carbocycles. The average Bonchev–Trinajstić information content (AvgIpc) is 2.32. The molecule has 1 rings (SSSR count). The molecule has 0 heterocycles. The highest BCUT2D eigenvalue weighted by atomic mass is 35.5. The van der Waals surface area contributed by atoms with E-state index in [2.05, 4.69) is 5.92 Å². The van der Waals surface area contributed by atoms with E-state index in [9.17, 15) is 14.0 Å². The number of amides is 1. The van der Waals surface area contributed by atoms with Crippen LogP contribution in [-0.4, -0.2) is 35.0 Å². The predicted octanol–water partition coefficient (Wildman–Crippen LogP) is 2.29. The number of benzene rings is 1. The molecule has 0 saturated carbocycles. The molecule has 0 saturated heterocycles. The van der Waals surface area contributed by atoms with Crippen LogP contribution in [-0.2, 0) is 4.79 Å². The van der Waals surface area contributed by atoms with Crippen LogP contribution in [0.2, 0.25) is 10.0 Å². The van der Waals surface area contributed by atoms with E-state index in [1.165, 1.54) is 0 Å². The number of carboxylic acids is 1. The maximum atomic E-state index is 13.3. The van der Waals surface area contributed by atoms with Crippen molar-refractivity contribution < 1.29 is 19.1 Å². The Kier molecular flexibility index (Phi) is 5.16. The van der Waals surface area contributed by atoms with Crippen LogP contribution in [0, 0.1) is 18.2 Å². The van der Waals surface area contributed by atoms with Crippen LogP contribution >= 0.6 is 23.2 Å². The summed E-state index contributed by atoms with van der Waals surface area (Å²) in [6.45, 7) is -0.838. The van der Waals surface area contributed by atoms with Gasteiger partial charge in [0.15, 0.2) is 0 Å². The smallest absolute Gasteiger partial charge is 0.323 e. The van der Waals surface area contributed by atoms with Crippen LogP contribution in [0.15, 0.2) is 12.1 Å². The maximum Gasteiger partial charge on any atom is 0.323 e. The number of hydrogen-bond donors (Lipinski definition) is 1. The van der Waals surface area contributed by atoms with E-state index < -0.39 is 24.2 Å². The summed E-state index contributed by atoms with van der Waals surface area (Å²) in [7, 11) is 0. The van der Waals surface area contributed by atoms with Crippen molar-refractivity contribution in [2.45, 2.75) is 0 Å². The van der Waals surface area contributed by atoms with Crippen molar-refractivity contribution in [3.05, 3.63) is 33.6 Å². The molecule has 0 atom stereocenters. The SMILES string of the molecule is C#CCN(CC(=O)O)C(=O)c1cc(F)c(Cl)cc1Cl. The monoisotopic (exact) mass is 303 g/mol. The third kappa shape index (κ3) is 3.85. The first-order chi connectivity index (χ1) is 8.86. The summed E-state index contributed by atoms with van der Waals surface area (Å²) in [6, 6.07) is 1.92. The molecule has 0 fully saturated rings. The van der Waals surface area contributed by atoms with Gasteiger partial charge in [-0.3, -0.25) is 9.59 Å². The van der Waals surface area contributed by atoms with Gasteiger partial charge in [0.1, 0.15) is 12.4 Å². The van der Waals surface area contributed by atoms with Gasteiger partial charge in [-0.1, -0.05) is 29.1 Å². The number of carboxylic acid groups (broad SMARTS) is 1. The van der Waals surface area contributed by atoms with Crippen LogP contribution in [0.4, 0.5) is 4.39 Å². The van der Waals surface area contributed by atoms with Crippen molar-refractivity contribution in [1.82, 2.24) is 4.90 Å². The Hall–Kier alpha value is -1.77. The fourth-order valence-corrected chi connectivity index (χ4v) is 1.79. The number of carbonyl (C=O) groups excluding carboxylic acids is 1. The molecule has 4 nitrogen and oxygen atoms in total. The van der Waals surface area contributed by atoms with E-state index in [4.69, 9.17) is 34.7 Å². The van der Waals surface area contributed by atoms with E-state index in [-0.39, 0.29) is 22.2 Å². The first-order valence-electron chi connectivity index (χ1n) is 4.96. The lowest BCUT2D eigenvalue weighted by Crippen LogP contribution is -2.36. The number of aliphatic carboxylic acids is 1. The maximum absolute atomic E-state index is 13.3. The highest BCUT2D eigenvalue weighted by Crippen LogP contribution is 2.25.